The van der Waals surface area contributed by atoms with Crippen molar-refractivity contribution in [2.75, 3.05) is 0 Å². The second-order valence-corrected chi connectivity index (χ2v) is 7.04. The number of hydrogen-bond acceptors (Lipinski definition) is 4. The third-order valence-corrected chi connectivity index (χ3v) is 4.76. The minimum atomic E-state index is -0.522. The number of benzene rings is 1. The zero-order valence-corrected chi connectivity index (χ0v) is 16.2. The molecule has 0 fully saturated rings. The van der Waals surface area contributed by atoms with Crippen molar-refractivity contribution < 1.29 is 14.3 Å². The van der Waals surface area contributed by atoms with E-state index in [1.54, 1.807) is 48.7 Å². The van der Waals surface area contributed by atoms with Gasteiger partial charge in [0, 0.05) is 28.4 Å². The second kappa shape index (κ2) is 7.89. The molecule has 0 saturated heterocycles. The second-order valence-electron chi connectivity index (χ2n) is 6.61. The van der Waals surface area contributed by atoms with Crippen LogP contribution in [0.4, 0.5) is 0 Å². The molecule has 2 aromatic rings. The third kappa shape index (κ3) is 4.20. The van der Waals surface area contributed by atoms with Gasteiger partial charge < -0.3 is 10.1 Å². The van der Waals surface area contributed by atoms with E-state index in [4.69, 9.17) is 16.3 Å². The van der Waals surface area contributed by atoms with Crippen molar-refractivity contribution in [2.45, 2.75) is 19.6 Å². The van der Waals surface area contributed by atoms with E-state index in [2.05, 4.69) is 20.5 Å². The monoisotopic (exact) mass is 408 g/mol. The summed E-state index contributed by atoms with van der Waals surface area (Å²) in [5.41, 5.74) is 3.34. The summed E-state index contributed by atoms with van der Waals surface area (Å²) in [7, 11) is 0. The van der Waals surface area contributed by atoms with E-state index in [-0.39, 0.29) is 11.7 Å². The first-order valence-corrected chi connectivity index (χ1v) is 9.31. The van der Waals surface area contributed by atoms with E-state index in [9.17, 15) is 9.59 Å². The van der Waals surface area contributed by atoms with Gasteiger partial charge in [-0.1, -0.05) is 23.7 Å². The molecule has 0 bridgehead atoms. The molecule has 2 N–H and O–H groups in total. The van der Waals surface area contributed by atoms with Gasteiger partial charge in [0.1, 0.15) is 0 Å². The number of aliphatic imine (C=N–C) groups is 1. The summed E-state index contributed by atoms with van der Waals surface area (Å²) in [5.74, 6) is -0.644. The minimum Gasteiger partial charge on any atom is -0.474 e. The van der Waals surface area contributed by atoms with Crippen molar-refractivity contribution in [3.63, 3.8) is 0 Å². The number of H-pyrrole nitrogens is 1. The molecule has 146 valence electrons. The molecule has 0 spiro atoms. The molecule has 1 aliphatic heterocycles. The minimum absolute atomic E-state index is 0.127. The number of carbonyl (C=O) groups excluding carboxylic acids is 2. The van der Waals surface area contributed by atoms with Gasteiger partial charge in [-0.3, -0.25) is 14.7 Å². The van der Waals surface area contributed by atoms with E-state index in [1.165, 1.54) is 0 Å². The molecule has 1 aromatic carbocycles. The fraction of sp³-hybridized carbons (Fsp3) is 0.143. The van der Waals surface area contributed by atoms with Crippen LogP contribution in [0.2, 0.25) is 5.02 Å². The molecule has 2 heterocycles. The average molecular weight is 409 g/mol. The van der Waals surface area contributed by atoms with Crippen LogP contribution in [0.5, 0.6) is 0 Å². The summed E-state index contributed by atoms with van der Waals surface area (Å²) < 4.78 is 5.77. The maximum Gasteiger partial charge on any atom is 0.312 e. The Bertz CT molecular complexity index is 1110. The van der Waals surface area contributed by atoms with Gasteiger partial charge in [0.15, 0.2) is 11.9 Å². The van der Waals surface area contributed by atoms with Crippen LogP contribution in [-0.2, 0) is 20.9 Å². The van der Waals surface area contributed by atoms with Crippen LogP contribution in [0.3, 0.4) is 0 Å². The van der Waals surface area contributed by atoms with Gasteiger partial charge in [-0.25, -0.2) is 4.99 Å². The standard InChI is InChI=1S/C21H17ClN4O3/c1-12-15(11-24-26-12)10-23-20(27)14-5-6-18-17(9-14)25-21(28)19(29-18)8-13-3-2-4-16(22)7-13/h2-9,11,18H,10H2,1H3,(H,23,27)(H,24,26)/b19-8+. The summed E-state index contributed by atoms with van der Waals surface area (Å²) in [4.78, 5) is 28.9. The number of nitrogens with zero attached hydrogens (tertiary/aromatic N) is 2. The lowest BCUT2D eigenvalue weighted by molar-refractivity contribution is -0.119. The van der Waals surface area contributed by atoms with E-state index in [0.29, 0.717) is 22.9 Å². The molecule has 2 amide bonds. The van der Waals surface area contributed by atoms with E-state index < -0.39 is 12.0 Å². The topological polar surface area (TPSA) is 96.4 Å². The molecule has 1 aromatic heterocycles. The lowest BCUT2D eigenvalue weighted by atomic mass is 10.0. The molecule has 1 atom stereocenters. The fourth-order valence-electron chi connectivity index (χ4n) is 2.95. The molecule has 7 nitrogen and oxygen atoms in total. The number of aromatic nitrogens is 2. The number of aromatic amines is 1. The Morgan fingerprint density at radius 3 is 3.03 bits per heavy atom. The largest absolute Gasteiger partial charge is 0.474 e. The molecule has 4 rings (SSSR count). The van der Waals surface area contributed by atoms with Crippen LogP contribution in [0, 0.1) is 6.92 Å². The first kappa shape index (κ1) is 18.9. The number of aryl methyl sites for hydroxylation is 1. The summed E-state index contributed by atoms with van der Waals surface area (Å²) in [5, 5.41) is 10.1. The quantitative estimate of drug-likeness (QED) is 0.760. The first-order chi connectivity index (χ1) is 14.0. The Morgan fingerprint density at radius 2 is 2.28 bits per heavy atom. The number of fused-ring (bicyclic) bond motifs is 1. The van der Waals surface area contributed by atoms with Crippen LogP contribution >= 0.6 is 11.6 Å². The molecule has 1 unspecified atom stereocenters. The molecular weight excluding hydrogens is 392 g/mol. The summed E-state index contributed by atoms with van der Waals surface area (Å²) in [6, 6.07) is 7.08. The molecule has 2 aliphatic rings. The highest BCUT2D eigenvalue weighted by atomic mass is 35.5. The Hall–Kier alpha value is -3.45. The average Bonchev–Trinajstić information content (AvgIpc) is 3.11. The first-order valence-electron chi connectivity index (χ1n) is 8.93. The van der Waals surface area contributed by atoms with Gasteiger partial charge in [0.25, 0.3) is 5.91 Å². The van der Waals surface area contributed by atoms with Crippen molar-refractivity contribution in [1.29, 1.82) is 0 Å². The smallest absolute Gasteiger partial charge is 0.312 e. The van der Waals surface area contributed by atoms with E-state index >= 15 is 0 Å². The zero-order chi connectivity index (χ0) is 20.4. The zero-order valence-electron chi connectivity index (χ0n) is 15.5. The SMILES string of the molecule is Cc1[nH]ncc1CNC(=O)C1=CC2=NC(=O)/C(=C\c3cccc(Cl)c3)OC2C=C1. The highest BCUT2D eigenvalue weighted by Gasteiger charge is 2.29. The van der Waals surface area contributed by atoms with Crippen molar-refractivity contribution in [1.82, 2.24) is 15.5 Å². The predicted octanol–water partition coefficient (Wildman–Crippen LogP) is 2.89. The summed E-state index contributed by atoms with van der Waals surface area (Å²) >= 11 is 5.98. The highest BCUT2D eigenvalue weighted by Crippen LogP contribution is 2.23. The molecule has 8 heteroatoms. The van der Waals surface area contributed by atoms with Crippen LogP contribution in [0.1, 0.15) is 16.8 Å². The van der Waals surface area contributed by atoms with Crippen LogP contribution < -0.4 is 5.32 Å². The van der Waals surface area contributed by atoms with Crippen molar-refractivity contribution in [3.8, 4) is 0 Å². The maximum absolute atomic E-state index is 12.4. The van der Waals surface area contributed by atoms with E-state index in [1.807, 2.05) is 13.0 Å². The van der Waals surface area contributed by atoms with Crippen LogP contribution in [0.15, 0.2) is 65.0 Å². The van der Waals surface area contributed by atoms with Gasteiger partial charge >= 0.3 is 5.91 Å². The highest BCUT2D eigenvalue weighted by molar-refractivity contribution is 6.30. The van der Waals surface area contributed by atoms with Crippen molar-refractivity contribution in [3.05, 3.63) is 81.9 Å². The van der Waals surface area contributed by atoms with Crippen molar-refractivity contribution in [2.24, 2.45) is 4.99 Å². The Morgan fingerprint density at radius 1 is 1.41 bits per heavy atom. The number of hydrogen-bond donors (Lipinski definition) is 2. The summed E-state index contributed by atoms with van der Waals surface area (Å²) in [6.07, 6.45) is 7.68. The van der Waals surface area contributed by atoms with Gasteiger partial charge in [0.2, 0.25) is 0 Å². The number of nitrogens with one attached hydrogen (secondary N) is 2. The van der Waals surface area contributed by atoms with Gasteiger partial charge in [-0.2, -0.15) is 5.10 Å². The Labute approximate surface area is 171 Å². The third-order valence-electron chi connectivity index (χ3n) is 4.52. The number of rotatable bonds is 4. The molecule has 0 radical (unpaired) electrons. The van der Waals surface area contributed by atoms with Gasteiger partial charge in [0.05, 0.1) is 11.9 Å². The number of amides is 2. The van der Waals surface area contributed by atoms with E-state index in [0.717, 1.165) is 16.8 Å². The number of carbonyl (C=O) groups is 2. The maximum atomic E-state index is 12.4. The van der Waals surface area contributed by atoms with Crippen molar-refractivity contribution >= 4 is 35.2 Å². The van der Waals surface area contributed by atoms with Crippen LogP contribution in [0.25, 0.3) is 6.08 Å². The number of ether oxygens (including phenoxy) is 1. The number of halogens is 1. The van der Waals surface area contributed by atoms with Gasteiger partial charge in [-0.05, 0) is 48.9 Å². The predicted molar refractivity (Wildman–Crippen MR) is 109 cm³/mol. The molecule has 1 aliphatic carbocycles. The lowest BCUT2D eigenvalue weighted by Crippen LogP contribution is -2.33. The fourth-order valence-corrected chi connectivity index (χ4v) is 3.15. The summed E-state index contributed by atoms with van der Waals surface area (Å²) in [6.45, 7) is 2.23. The van der Waals surface area contributed by atoms with Crippen LogP contribution in [-0.4, -0.2) is 33.8 Å². The lowest BCUT2D eigenvalue weighted by Gasteiger charge is -2.24. The Balaban J connectivity index is 1.49. The Kier molecular flexibility index (Phi) is 5.14. The molecule has 29 heavy (non-hydrogen) atoms. The molecule has 0 saturated carbocycles. The van der Waals surface area contributed by atoms with Gasteiger partial charge in [-0.15, -0.1) is 0 Å². The normalized spacial score (nSPS) is 19.3. The molecular formula is C21H17ClN4O3.